The number of nitrogens with one attached hydrogen (secondary N) is 2. The molecular weight excluding hydrogens is 782 g/mol. The predicted molar refractivity (Wildman–Crippen MR) is 215 cm³/mol. The van der Waals surface area contributed by atoms with Crippen molar-refractivity contribution in [2.75, 3.05) is 19.8 Å². The smallest absolute Gasteiger partial charge is 0.321 e. The molecule has 338 valence electrons. The van der Waals surface area contributed by atoms with Crippen LogP contribution in [0.25, 0.3) is 0 Å². The molecule has 21 N–H and O–H groups in total. The van der Waals surface area contributed by atoms with Crippen LogP contribution in [0, 0.1) is 5.92 Å². The number of aliphatic hydroxyl groups excluding tert-OH is 2. The number of benzene rings is 1. The van der Waals surface area contributed by atoms with Crippen LogP contribution in [-0.4, -0.2) is 137 Å². The number of aromatic amines is 1. The molecule has 23 heteroatoms. The molecule has 0 radical (unpaired) electrons. The van der Waals surface area contributed by atoms with Gasteiger partial charge in [-0.3, -0.25) is 33.6 Å². The number of carboxylic acids is 5. The highest BCUT2D eigenvalue weighted by Gasteiger charge is 2.16. The number of amides is 2. The van der Waals surface area contributed by atoms with E-state index >= 15 is 0 Å². The lowest BCUT2D eigenvalue weighted by Crippen LogP contribution is -2.37. The monoisotopic (exact) mass is 847 g/mol. The fourth-order valence-corrected chi connectivity index (χ4v) is 3.42. The molecule has 1 aromatic carbocycles. The standard InChI is InChI=1S/C9H12O.C7H15NO3.C6H9N3O2.C5H10N2O3.C5H11NO2.C4H8N2O3/c10-8-4-7-9-5-2-1-3-6-9;1-2-4-8-6(3-5-9)7(10)11;7-5(6(10)11)1-4-2-8-3-9-4;6-3(5(9)10)1-2-4(7)8;1-3(2)4(6)5(7)8;5-2(4(8)9)1-3(6)7/h1-3,5-6,10H,4,7-8H2;6,8-9H,2-5H2,1H3,(H,10,11);2-3,5H,1,7H2,(H,8,9)(H,10,11);3H,1-2,6H2,(H2,7,8)(H,9,10);3-4H,6H2,1-2H3,(H,7,8);2H,1,5H2,(H2,6,7)(H,8,9). The second-order valence-electron chi connectivity index (χ2n) is 12.6. The van der Waals surface area contributed by atoms with Gasteiger partial charge in [-0.05, 0) is 50.1 Å². The summed E-state index contributed by atoms with van der Waals surface area (Å²) in [6.07, 6.45) is 6.17. The molecule has 1 heterocycles. The van der Waals surface area contributed by atoms with Crippen LogP contribution in [0.15, 0.2) is 42.9 Å². The van der Waals surface area contributed by atoms with E-state index in [0.29, 0.717) is 6.54 Å². The van der Waals surface area contributed by atoms with E-state index in [9.17, 15) is 33.6 Å². The molecule has 1 aromatic heterocycles. The molecule has 23 nitrogen and oxygen atoms in total. The van der Waals surface area contributed by atoms with Gasteiger partial charge in [0, 0.05) is 37.9 Å². The number of hydrogen-bond donors (Lipinski definition) is 15. The van der Waals surface area contributed by atoms with Crippen molar-refractivity contribution in [3.63, 3.8) is 0 Å². The van der Waals surface area contributed by atoms with Crippen molar-refractivity contribution in [1.29, 1.82) is 0 Å². The third-order valence-corrected chi connectivity index (χ3v) is 6.90. The number of H-pyrrole nitrogens is 1. The van der Waals surface area contributed by atoms with Crippen LogP contribution in [0.4, 0.5) is 0 Å². The Morgan fingerprint density at radius 3 is 1.59 bits per heavy atom. The Morgan fingerprint density at radius 2 is 1.27 bits per heavy atom. The van der Waals surface area contributed by atoms with E-state index in [0.717, 1.165) is 25.0 Å². The zero-order chi connectivity index (χ0) is 46.5. The number of carboxylic acid groups (broad SMARTS) is 5. The van der Waals surface area contributed by atoms with Gasteiger partial charge in [0.2, 0.25) is 11.8 Å². The van der Waals surface area contributed by atoms with Crippen molar-refractivity contribution in [3.05, 3.63) is 54.1 Å². The summed E-state index contributed by atoms with van der Waals surface area (Å²) in [4.78, 5) is 77.2. The number of aliphatic carboxylic acids is 5. The lowest BCUT2D eigenvalue weighted by Gasteiger charge is -2.11. The largest absolute Gasteiger partial charge is 0.480 e. The van der Waals surface area contributed by atoms with Crippen molar-refractivity contribution in [1.82, 2.24) is 15.3 Å². The molecule has 0 spiro atoms. The van der Waals surface area contributed by atoms with E-state index in [4.69, 9.17) is 64.4 Å². The first kappa shape index (κ1) is 60.1. The number of aliphatic hydroxyl groups is 2. The van der Waals surface area contributed by atoms with E-state index in [1.54, 1.807) is 20.0 Å². The van der Waals surface area contributed by atoms with Crippen molar-refractivity contribution in [2.45, 2.75) is 102 Å². The number of rotatable bonds is 21. The minimum absolute atomic E-state index is 0.0208. The lowest BCUT2D eigenvalue weighted by atomic mass is 10.1. The molecule has 2 aromatic rings. The summed E-state index contributed by atoms with van der Waals surface area (Å²) < 4.78 is 0. The van der Waals surface area contributed by atoms with E-state index < -0.39 is 71.9 Å². The lowest BCUT2D eigenvalue weighted by molar-refractivity contribution is -0.140. The van der Waals surface area contributed by atoms with E-state index in [1.807, 2.05) is 25.1 Å². The number of imidazole rings is 1. The molecule has 0 aliphatic rings. The molecule has 59 heavy (non-hydrogen) atoms. The number of carbonyl (C=O) groups excluding carboxylic acids is 2. The molecule has 2 amide bonds. The van der Waals surface area contributed by atoms with Crippen LogP contribution in [-0.2, 0) is 46.4 Å². The minimum Gasteiger partial charge on any atom is -0.480 e. The van der Waals surface area contributed by atoms with Crippen molar-refractivity contribution >= 4 is 41.7 Å². The normalized spacial score (nSPS) is 12.4. The summed E-state index contributed by atoms with van der Waals surface area (Å²) in [7, 11) is 0. The maximum Gasteiger partial charge on any atom is 0.321 e. The summed E-state index contributed by atoms with van der Waals surface area (Å²) in [5.41, 5.74) is 31.8. The van der Waals surface area contributed by atoms with Crippen LogP contribution in [0.3, 0.4) is 0 Å². The molecule has 0 bridgehead atoms. The maximum absolute atomic E-state index is 10.4. The minimum atomic E-state index is -1.21. The third kappa shape index (κ3) is 40.4. The Morgan fingerprint density at radius 1 is 0.729 bits per heavy atom. The molecule has 0 aliphatic carbocycles. The average Bonchev–Trinajstić information content (AvgIpc) is 3.68. The maximum atomic E-state index is 10.4. The molecule has 0 saturated carbocycles. The first-order valence-electron chi connectivity index (χ1n) is 18.2. The Hall–Kier alpha value is -5.56. The van der Waals surface area contributed by atoms with Gasteiger partial charge in [-0.15, -0.1) is 0 Å². The highest BCUT2D eigenvalue weighted by atomic mass is 16.4. The fourth-order valence-electron chi connectivity index (χ4n) is 3.42. The Balaban J connectivity index is -0.000000309. The van der Waals surface area contributed by atoms with Gasteiger partial charge >= 0.3 is 29.8 Å². The zero-order valence-electron chi connectivity index (χ0n) is 33.7. The van der Waals surface area contributed by atoms with Crippen LogP contribution in [0.2, 0.25) is 0 Å². The Bertz CT molecular complexity index is 1440. The first-order valence-corrected chi connectivity index (χ1v) is 18.2. The second kappa shape index (κ2) is 38.0. The highest BCUT2D eigenvalue weighted by Crippen LogP contribution is 2.01. The average molecular weight is 848 g/mol. The van der Waals surface area contributed by atoms with Gasteiger partial charge < -0.3 is 80.4 Å². The topological polar surface area (TPSA) is 458 Å². The summed E-state index contributed by atoms with van der Waals surface area (Å²) in [5.74, 6) is -6.36. The quantitative estimate of drug-likeness (QED) is 0.0633. The summed E-state index contributed by atoms with van der Waals surface area (Å²) >= 11 is 0. The van der Waals surface area contributed by atoms with Gasteiger partial charge in [-0.25, -0.2) is 4.98 Å². The Kier molecular flexibility index (Phi) is 38.7. The third-order valence-electron chi connectivity index (χ3n) is 6.90. The number of nitrogens with two attached hydrogens (primary N) is 6. The first-order chi connectivity index (χ1) is 27.5. The van der Waals surface area contributed by atoms with Gasteiger partial charge in [0.1, 0.15) is 30.2 Å². The van der Waals surface area contributed by atoms with Gasteiger partial charge in [0.25, 0.3) is 0 Å². The number of aryl methyl sites for hydroxylation is 1. The van der Waals surface area contributed by atoms with Crippen molar-refractivity contribution < 1.29 is 69.3 Å². The van der Waals surface area contributed by atoms with Gasteiger partial charge in [-0.2, -0.15) is 0 Å². The van der Waals surface area contributed by atoms with Crippen LogP contribution < -0.4 is 39.7 Å². The summed E-state index contributed by atoms with van der Waals surface area (Å²) in [6.45, 7) is 6.39. The van der Waals surface area contributed by atoms with Crippen molar-refractivity contribution in [2.24, 2.45) is 40.3 Å². The number of aromatic nitrogens is 2. The summed E-state index contributed by atoms with van der Waals surface area (Å²) in [6, 6.07) is 5.90. The number of nitrogens with zero attached hydrogens (tertiary/aromatic N) is 1. The number of carbonyl (C=O) groups is 7. The molecule has 0 aliphatic heterocycles. The second-order valence-corrected chi connectivity index (χ2v) is 12.6. The van der Waals surface area contributed by atoms with E-state index in [2.05, 4.69) is 33.2 Å². The highest BCUT2D eigenvalue weighted by molar-refractivity contribution is 5.83. The number of hydrogen-bond acceptors (Lipinski definition) is 15. The molecule has 5 atom stereocenters. The van der Waals surface area contributed by atoms with Crippen LogP contribution in [0.5, 0.6) is 0 Å². The van der Waals surface area contributed by atoms with Crippen LogP contribution >= 0.6 is 0 Å². The predicted octanol–water partition coefficient (Wildman–Crippen LogP) is -2.21. The molecular formula is C36H65N9O14. The summed E-state index contributed by atoms with van der Waals surface area (Å²) in [5, 5.41) is 61.3. The Labute approximate surface area is 342 Å². The molecule has 5 unspecified atom stereocenters. The van der Waals surface area contributed by atoms with Gasteiger partial charge in [-0.1, -0.05) is 51.1 Å². The number of primary amides is 2. The fraction of sp³-hybridized carbons (Fsp3) is 0.556. The van der Waals surface area contributed by atoms with E-state index in [1.165, 1.54) is 11.9 Å². The SMILES string of the molecule is CC(C)C(N)C(=O)O.CCCNC(CCO)C(=O)O.NC(=O)CC(N)C(=O)O.NC(=O)CCC(N)C(=O)O.NC(Cc1cnc[nH]1)C(=O)O.OCCCc1ccccc1. The molecule has 0 fully saturated rings. The zero-order valence-corrected chi connectivity index (χ0v) is 33.7. The molecule has 2 rings (SSSR count). The van der Waals surface area contributed by atoms with Gasteiger partial charge in [0.05, 0.1) is 12.7 Å². The van der Waals surface area contributed by atoms with E-state index in [-0.39, 0.29) is 51.2 Å². The molecule has 0 saturated heterocycles. The van der Waals surface area contributed by atoms with Gasteiger partial charge in [0.15, 0.2) is 0 Å². The van der Waals surface area contributed by atoms with Crippen LogP contribution in [0.1, 0.15) is 70.6 Å². The van der Waals surface area contributed by atoms with Crippen molar-refractivity contribution in [3.8, 4) is 0 Å².